The largest absolute Gasteiger partial charge is 0.573 e. The van der Waals surface area contributed by atoms with Gasteiger partial charge in [0.05, 0.1) is 6.10 Å². The van der Waals surface area contributed by atoms with Crippen LogP contribution in [0.2, 0.25) is 0 Å². The minimum absolute atomic E-state index is 0.0150. The van der Waals surface area contributed by atoms with Crippen molar-refractivity contribution in [2.75, 3.05) is 0 Å². The van der Waals surface area contributed by atoms with E-state index in [2.05, 4.69) is 9.47 Å². The molecule has 1 aromatic carbocycles. The molecule has 0 saturated heterocycles. The normalized spacial score (nSPS) is 14.2. The van der Waals surface area contributed by atoms with Crippen molar-refractivity contribution in [2.45, 2.75) is 32.7 Å². The first-order valence-corrected chi connectivity index (χ1v) is 5.72. The van der Waals surface area contributed by atoms with E-state index in [0.29, 0.717) is 12.1 Å². The summed E-state index contributed by atoms with van der Waals surface area (Å²) in [7, 11) is 0. The number of hydrogen-bond donors (Lipinski definition) is 1. The predicted octanol–water partition coefficient (Wildman–Crippen LogP) is 4.17. The monoisotopic (exact) mass is 318 g/mol. The number of aliphatic hydroxyl groups is 1. The lowest BCUT2D eigenvalue weighted by Crippen LogP contribution is -2.21. The lowest BCUT2D eigenvalue weighted by molar-refractivity contribution is -0.287. The maximum Gasteiger partial charge on any atom is 0.573 e. The highest BCUT2D eigenvalue weighted by atomic mass is 19.4. The van der Waals surface area contributed by atoms with Crippen LogP contribution in [0.15, 0.2) is 18.2 Å². The van der Waals surface area contributed by atoms with Crippen molar-refractivity contribution in [3.63, 3.8) is 0 Å². The quantitative estimate of drug-likeness (QED) is 0.847. The molecule has 3 nitrogen and oxygen atoms in total. The molecule has 0 heterocycles. The molecule has 0 bridgehead atoms. The Morgan fingerprint density at radius 3 is 1.81 bits per heavy atom. The van der Waals surface area contributed by atoms with Crippen molar-refractivity contribution in [1.82, 2.24) is 0 Å². The van der Waals surface area contributed by atoms with Gasteiger partial charge < -0.3 is 14.6 Å². The Morgan fingerprint density at radius 2 is 1.38 bits per heavy atom. The molecule has 0 saturated carbocycles. The van der Waals surface area contributed by atoms with Crippen molar-refractivity contribution in [3.8, 4) is 11.5 Å². The molecular formula is C12H12F6O3. The molecule has 0 aliphatic carbocycles. The first kappa shape index (κ1) is 17.4. The van der Waals surface area contributed by atoms with E-state index in [1.54, 1.807) is 13.8 Å². The molecule has 1 N–H and O–H groups in total. The number of alkyl halides is 6. The minimum atomic E-state index is -5.19. The van der Waals surface area contributed by atoms with Crippen LogP contribution in [0, 0.1) is 5.92 Å². The summed E-state index contributed by atoms with van der Waals surface area (Å²) in [4.78, 5) is 0. The summed E-state index contributed by atoms with van der Waals surface area (Å²) in [5.41, 5.74) is -0.0150. The average Bonchev–Trinajstić information content (AvgIpc) is 2.26. The van der Waals surface area contributed by atoms with Gasteiger partial charge in [0.15, 0.2) is 11.5 Å². The van der Waals surface area contributed by atoms with Gasteiger partial charge in [0.25, 0.3) is 0 Å². The van der Waals surface area contributed by atoms with Crippen molar-refractivity contribution >= 4 is 0 Å². The molecule has 1 atom stereocenters. The van der Waals surface area contributed by atoms with Crippen LogP contribution in [-0.4, -0.2) is 17.8 Å². The smallest absolute Gasteiger partial charge is 0.402 e. The summed E-state index contributed by atoms with van der Waals surface area (Å²) >= 11 is 0. The highest BCUT2D eigenvalue weighted by Gasteiger charge is 2.36. The fraction of sp³-hybridized carbons (Fsp3) is 0.500. The van der Waals surface area contributed by atoms with E-state index in [9.17, 15) is 31.4 Å². The molecule has 21 heavy (non-hydrogen) atoms. The summed E-state index contributed by atoms with van der Waals surface area (Å²) in [5.74, 6) is -2.66. The predicted molar refractivity (Wildman–Crippen MR) is 59.6 cm³/mol. The zero-order valence-electron chi connectivity index (χ0n) is 10.9. The molecule has 9 heteroatoms. The second-order valence-corrected chi connectivity index (χ2v) is 4.49. The van der Waals surface area contributed by atoms with Crippen LogP contribution in [0.25, 0.3) is 0 Å². The van der Waals surface area contributed by atoms with Gasteiger partial charge in [-0.05, 0) is 23.6 Å². The first-order chi connectivity index (χ1) is 9.39. The summed E-state index contributed by atoms with van der Waals surface area (Å²) in [6.45, 7) is 3.18. The number of ether oxygens (including phenoxy) is 2. The van der Waals surface area contributed by atoms with E-state index >= 15 is 0 Å². The second kappa shape index (κ2) is 6.00. The van der Waals surface area contributed by atoms with E-state index in [-0.39, 0.29) is 11.5 Å². The standard InChI is InChI=1S/C12H12F6O3/c1-6(2)10(19)7-3-4-8(20-11(13,14)15)9(5-7)21-12(16,17)18/h3-6,10,19H,1-2H3. The van der Waals surface area contributed by atoms with E-state index in [4.69, 9.17) is 0 Å². The van der Waals surface area contributed by atoms with Gasteiger partial charge in [0.2, 0.25) is 0 Å². The zero-order chi connectivity index (χ0) is 16.4. The van der Waals surface area contributed by atoms with Gasteiger partial charge >= 0.3 is 12.7 Å². The van der Waals surface area contributed by atoms with Gasteiger partial charge in [-0.25, -0.2) is 0 Å². The molecule has 0 aliphatic heterocycles. The van der Waals surface area contributed by atoms with Crippen molar-refractivity contribution in [3.05, 3.63) is 23.8 Å². The maximum atomic E-state index is 12.2. The first-order valence-electron chi connectivity index (χ1n) is 5.72. The van der Waals surface area contributed by atoms with Crippen LogP contribution in [0.1, 0.15) is 25.5 Å². The van der Waals surface area contributed by atoms with Gasteiger partial charge in [-0.1, -0.05) is 19.9 Å². The Kier molecular flexibility index (Phi) is 4.98. The Hall–Kier alpha value is -1.64. The summed E-state index contributed by atoms with van der Waals surface area (Å²) in [6.07, 6.45) is -11.5. The van der Waals surface area contributed by atoms with Crippen molar-refractivity contribution < 1.29 is 40.9 Å². The lowest BCUT2D eigenvalue weighted by atomic mass is 9.99. The van der Waals surface area contributed by atoms with Crippen molar-refractivity contribution in [1.29, 1.82) is 0 Å². The number of halogens is 6. The molecule has 0 amide bonds. The lowest BCUT2D eigenvalue weighted by Gasteiger charge is -2.19. The summed E-state index contributed by atoms with van der Waals surface area (Å²) < 4.78 is 80.1. The molecule has 0 spiro atoms. The van der Waals surface area contributed by atoms with Gasteiger partial charge in [-0.2, -0.15) is 0 Å². The highest BCUT2D eigenvalue weighted by Crippen LogP contribution is 2.38. The average molecular weight is 318 g/mol. The Bertz CT molecular complexity index is 481. The molecular weight excluding hydrogens is 306 g/mol. The third-order valence-corrected chi connectivity index (χ3v) is 2.39. The number of aliphatic hydroxyl groups excluding tert-OH is 1. The highest BCUT2D eigenvalue weighted by molar-refractivity contribution is 5.44. The fourth-order valence-electron chi connectivity index (χ4n) is 1.51. The molecule has 120 valence electrons. The van der Waals surface area contributed by atoms with E-state index < -0.39 is 30.3 Å². The molecule has 1 rings (SSSR count). The molecule has 1 unspecified atom stereocenters. The Balaban J connectivity index is 3.20. The Morgan fingerprint density at radius 1 is 0.905 bits per heavy atom. The van der Waals surface area contributed by atoms with Gasteiger partial charge in [0.1, 0.15) is 0 Å². The van der Waals surface area contributed by atoms with Gasteiger partial charge in [-0.15, -0.1) is 26.3 Å². The topological polar surface area (TPSA) is 38.7 Å². The third-order valence-electron chi connectivity index (χ3n) is 2.39. The summed E-state index contributed by atoms with van der Waals surface area (Å²) in [6, 6.07) is 2.36. The zero-order valence-corrected chi connectivity index (χ0v) is 10.9. The third kappa shape index (κ3) is 5.70. The fourth-order valence-corrected chi connectivity index (χ4v) is 1.51. The van der Waals surface area contributed by atoms with E-state index in [1.165, 1.54) is 0 Å². The van der Waals surface area contributed by atoms with Crippen LogP contribution in [-0.2, 0) is 0 Å². The number of benzene rings is 1. The maximum absolute atomic E-state index is 12.2. The number of rotatable bonds is 4. The molecule has 0 fully saturated rings. The SMILES string of the molecule is CC(C)C(O)c1ccc(OC(F)(F)F)c(OC(F)(F)F)c1. The number of hydrogen-bond acceptors (Lipinski definition) is 3. The summed E-state index contributed by atoms with van der Waals surface area (Å²) in [5, 5.41) is 9.74. The van der Waals surface area contributed by atoms with E-state index in [1.807, 2.05) is 0 Å². The molecule has 1 aromatic rings. The second-order valence-electron chi connectivity index (χ2n) is 4.49. The molecule has 0 radical (unpaired) electrons. The van der Waals surface area contributed by atoms with Gasteiger partial charge in [0, 0.05) is 0 Å². The molecule has 0 aromatic heterocycles. The minimum Gasteiger partial charge on any atom is -0.402 e. The van der Waals surface area contributed by atoms with E-state index in [0.717, 1.165) is 6.07 Å². The van der Waals surface area contributed by atoms with Crippen molar-refractivity contribution in [2.24, 2.45) is 5.92 Å². The van der Waals surface area contributed by atoms with Crippen LogP contribution < -0.4 is 9.47 Å². The van der Waals surface area contributed by atoms with Crippen LogP contribution in [0.5, 0.6) is 11.5 Å². The van der Waals surface area contributed by atoms with Crippen LogP contribution >= 0.6 is 0 Å². The van der Waals surface area contributed by atoms with Gasteiger partial charge in [-0.3, -0.25) is 0 Å². The van der Waals surface area contributed by atoms with Crippen LogP contribution in [0.4, 0.5) is 26.3 Å². The van der Waals surface area contributed by atoms with Crippen LogP contribution in [0.3, 0.4) is 0 Å². The molecule has 0 aliphatic rings. The Labute approximate surface area is 116 Å².